The SMILES string of the molecule is CCC(C)(CC)n1c2ccccc2c2c3oc4ccccc4c3ccc21. The molecule has 130 valence electrons. The molecule has 2 heterocycles. The van der Waals surface area contributed by atoms with Gasteiger partial charge < -0.3 is 8.98 Å². The first-order valence-electron chi connectivity index (χ1n) is 9.52. The molecule has 2 aromatic heterocycles. The van der Waals surface area contributed by atoms with E-state index in [9.17, 15) is 0 Å². The van der Waals surface area contributed by atoms with Crippen LogP contribution in [0.25, 0.3) is 43.7 Å². The maximum Gasteiger partial charge on any atom is 0.145 e. The van der Waals surface area contributed by atoms with Crippen LogP contribution in [0.4, 0.5) is 0 Å². The first kappa shape index (κ1) is 15.5. The van der Waals surface area contributed by atoms with Crippen LogP contribution in [0, 0.1) is 0 Å². The lowest BCUT2D eigenvalue weighted by Crippen LogP contribution is -2.28. The molecule has 0 unspecified atom stereocenters. The van der Waals surface area contributed by atoms with Crippen molar-refractivity contribution in [3.8, 4) is 0 Å². The normalized spacial score (nSPS) is 12.7. The zero-order chi connectivity index (χ0) is 17.9. The van der Waals surface area contributed by atoms with Crippen LogP contribution in [0.2, 0.25) is 0 Å². The Hall–Kier alpha value is -2.74. The van der Waals surface area contributed by atoms with Gasteiger partial charge in [-0.05, 0) is 44.0 Å². The predicted octanol–water partition coefficient (Wildman–Crippen LogP) is 7.23. The molecule has 0 aliphatic rings. The highest BCUT2D eigenvalue weighted by Crippen LogP contribution is 2.42. The van der Waals surface area contributed by atoms with Gasteiger partial charge in [-0.2, -0.15) is 0 Å². The van der Waals surface area contributed by atoms with E-state index < -0.39 is 0 Å². The van der Waals surface area contributed by atoms with Crippen LogP contribution in [0.15, 0.2) is 65.1 Å². The highest BCUT2D eigenvalue weighted by Gasteiger charge is 2.27. The van der Waals surface area contributed by atoms with Gasteiger partial charge in [0.15, 0.2) is 0 Å². The van der Waals surface area contributed by atoms with E-state index >= 15 is 0 Å². The van der Waals surface area contributed by atoms with Crippen molar-refractivity contribution >= 4 is 43.7 Å². The lowest BCUT2D eigenvalue weighted by atomic mass is 9.94. The minimum Gasteiger partial charge on any atom is -0.455 e. The molecule has 0 bridgehead atoms. The molecular weight excluding hydrogens is 318 g/mol. The maximum atomic E-state index is 6.35. The summed E-state index contributed by atoms with van der Waals surface area (Å²) in [5.74, 6) is 0. The third kappa shape index (κ3) is 1.87. The fraction of sp³-hybridized carbons (Fsp3) is 0.250. The van der Waals surface area contributed by atoms with Crippen molar-refractivity contribution in [1.82, 2.24) is 4.57 Å². The summed E-state index contributed by atoms with van der Waals surface area (Å²) in [7, 11) is 0. The van der Waals surface area contributed by atoms with Gasteiger partial charge in [0.2, 0.25) is 0 Å². The molecule has 0 saturated heterocycles. The predicted molar refractivity (Wildman–Crippen MR) is 111 cm³/mol. The molecule has 0 amide bonds. The smallest absolute Gasteiger partial charge is 0.145 e. The summed E-state index contributed by atoms with van der Waals surface area (Å²) in [6.45, 7) is 6.93. The number of rotatable bonds is 3. The number of para-hydroxylation sites is 2. The Morgan fingerprint density at radius 3 is 2.23 bits per heavy atom. The average Bonchev–Trinajstić information content (AvgIpc) is 3.23. The Balaban J connectivity index is 2.05. The van der Waals surface area contributed by atoms with Gasteiger partial charge in [0.1, 0.15) is 11.2 Å². The van der Waals surface area contributed by atoms with E-state index in [0.717, 1.165) is 24.0 Å². The van der Waals surface area contributed by atoms with Crippen molar-refractivity contribution in [2.24, 2.45) is 0 Å². The molecule has 26 heavy (non-hydrogen) atoms. The van der Waals surface area contributed by atoms with E-state index in [1.165, 1.54) is 32.6 Å². The van der Waals surface area contributed by atoms with Crippen LogP contribution >= 0.6 is 0 Å². The number of benzene rings is 3. The molecule has 0 N–H and O–H groups in total. The Kier molecular flexibility index (Phi) is 3.21. The molecule has 0 aliphatic carbocycles. The molecule has 0 aliphatic heterocycles. The van der Waals surface area contributed by atoms with Crippen LogP contribution in [0.3, 0.4) is 0 Å². The van der Waals surface area contributed by atoms with Crippen LogP contribution in [-0.2, 0) is 5.54 Å². The van der Waals surface area contributed by atoms with Gasteiger partial charge in [0.25, 0.3) is 0 Å². The standard InChI is InChI=1S/C24H23NO/c1-4-24(3,5-2)25-19-12-8-6-11-18(19)22-20(25)15-14-17-16-10-7-9-13-21(16)26-23(17)22/h6-15H,4-5H2,1-3H3. The quantitative estimate of drug-likeness (QED) is 0.338. The van der Waals surface area contributed by atoms with E-state index in [1.807, 2.05) is 6.07 Å². The molecule has 3 aromatic carbocycles. The molecule has 2 nitrogen and oxygen atoms in total. The van der Waals surface area contributed by atoms with Gasteiger partial charge in [-0.25, -0.2) is 0 Å². The first-order valence-corrected chi connectivity index (χ1v) is 9.52. The van der Waals surface area contributed by atoms with Crippen molar-refractivity contribution < 1.29 is 4.42 Å². The number of aromatic nitrogens is 1. The van der Waals surface area contributed by atoms with Crippen LogP contribution in [-0.4, -0.2) is 4.57 Å². The van der Waals surface area contributed by atoms with Crippen LogP contribution in [0.1, 0.15) is 33.6 Å². The highest BCUT2D eigenvalue weighted by molar-refractivity contribution is 6.23. The lowest BCUT2D eigenvalue weighted by molar-refractivity contribution is 0.313. The van der Waals surface area contributed by atoms with Gasteiger partial charge in [-0.15, -0.1) is 0 Å². The molecule has 0 saturated carbocycles. The molecule has 2 heteroatoms. The molecule has 0 atom stereocenters. The number of furan rings is 1. The summed E-state index contributed by atoms with van der Waals surface area (Å²) in [6.07, 6.45) is 2.19. The summed E-state index contributed by atoms with van der Waals surface area (Å²) < 4.78 is 8.89. The van der Waals surface area contributed by atoms with Crippen molar-refractivity contribution in [2.45, 2.75) is 39.2 Å². The summed E-state index contributed by atoms with van der Waals surface area (Å²) in [4.78, 5) is 0. The minimum atomic E-state index is 0.0844. The highest BCUT2D eigenvalue weighted by atomic mass is 16.3. The second-order valence-corrected chi connectivity index (χ2v) is 7.49. The number of fused-ring (bicyclic) bond motifs is 7. The summed E-state index contributed by atoms with van der Waals surface area (Å²) in [5.41, 5.74) is 4.61. The third-order valence-corrected chi connectivity index (χ3v) is 6.24. The molecule has 5 aromatic rings. The van der Waals surface area contributed by atoms with E-state index in [0.29, 0.717) is 0 Å². The summed E-state index contributed by atoms with van der Waals surface area (Å²) in [5, 5.41) is 4.91. The maximum absolute atomic E-state index is 6.35. The molecule has 0 spiro atoms. The van der Waals surface area contributed by atoms with Crippen LogP contribution < -0.4 is 0 Å². The van der Waals surface area contributed by atoms with Gasteiger partial charge in [0, 0.05) is 27.2 Å². The fourth-order valence-electron chi connectivity index (χ4n) is 4.38. The molecular formula is C24H23NO. The lowest BCUT2D eigenvalue weighted by Gasteiger charge is -2.31. The fourth-order valence-corrected chi connectivity index (χ4v) is 4.38. The van der Waals surface area contributed by atoms with E-state index in [4.69, 9.17) is 4.42 Å². The van der Waals surface area contributed by atoms with Gasteiger partial charge in [-0.3, -0.25) is 0 Å². The Bertz CT molecular complexity index is 1270. The summed E-state index contributed by atoms with van der Waals surface area (Å²) in [6, 6.07) is 21.6. The van der Waals surface area contributed by atoms with E-state index in [-0.39, 0.29) is 5.54 Å². The van der Waals surface area contributed by atoms with E-state index in [1.54, 1.807) is 0 Å². The van der Waals surface area contributed by atoms with Crippen molar-refractivity contribution in [2.75, 3.05) is 0 Å². The monoisotopic (exact) mass is 341 g/mol. The number of hydrogen-bond acceptors (Lipinski definition) is 1. The first-order chi connectivity index (χ1) is 12.7. The van der Waals surface area contributed by atoms with Gasteiger partial charge in [-0.1, -0.05) is 50.2 Å². The Morgan fingerprint density at radius 1 is 0.769 bits per heavy atom. The molecule has 0 fully saturated rings. The number of nitrogens with zero attached hydrogens (tertiary/aromatic N) is 1. The zero-order valence-electron chi connectivity index (χ0n) is 15.5. The number of hydrogen-bond donors (Lipinski definition) is 0. The third-order valence-electron chi connectivity index (χ3n) is 6.24. The van der Waals surface area contributed by atoms with Crippen LogP contribution in [0.5, 0.6) is 0 Å². The van der Waals surface area contributed by atoms with Crippen molar-refractivity contribution in [1.29, 1.82) is 0 Å². The largest absolute Gasteiger partial charge is 0.455 e. The second kappa shape index (κ2) is 5.38. The van der Waals surface area contributed by atoms with Crippen molar-refractivity contribution in [3.05, 3.63) is 60.7 Å². The Labute approximate surface area is 153 Å². The topological polar surface area (TPSA) is 18.1 Å². The molecule has 5 rings (SSSR count). The van der Waals surface area contributed by atoms with Crippen molar-refractivity contribution in [3.63, 3.8) is 0 Å². The van der Waals surface area contributed by atoms with Gasteiger partial charge >= 0.3 is 0 Å². The van der Waals surface area contributed by atoms with Gasteiger partial charge in [0.05, 0.1) is 10.9 Å². The van der Waals surface area contributed by atoms with E-state index in [2.05, 4.69) is 79.9 Å². The average molecular weight is 341 g/mol. The minimum absolute atomic E-state index is 0.0844. The molecule has 0 radical (unpaired) electrons. The summed E-state index contributed by atoms with van der Waals surface area (Å²) >= 11 is 0. The zero-order valence-corrected chi connectivity index (χ0v) is 15.5. The Morgan fingerprint density at radius 2 is 1.46 bits per heavy atom. The second-order valence-electron chi connectivity index (χ2n) is 7.49.